The van der Waals surface area contributed by atoms with Gasteiger partial charge in [-0.1, -0.05) is 26.7 Å². The summed E-state index contributed by atoms with van der Waals surface area (Å²) in [6.07, 6.45) is 8.16. The molecule has 1 rings (SSSR count). The van der Waals surface area contributed by atoms with Crippen LogP contribution >= 0.6 is 0 Å². The highest BCUT2D eigenvalue weighted by Gasteiger charge is 2.16. The van der Waals surface area contributed by atoms with Gasteiger partial charge in [0.25, 0.3) is 0 Å². The zero-order chi connectivity index (χ0) is 10.2. The van der Waals surface area contributed by atoms with Gasteiger partial charge in [-0.25, -0.2) is 0 Å². The lowest BCUT2D eigenvalue weighted by Gasteiger charge is -2.19. The third kappa shape index (κ3) is 4.43. The van der Waals surface area contributed by atoms with Crippen molar-refractivity contribution in [2.24, 2.45) is 0 Å². The Hall–Kier alpha value is -0.0800. The fourth-order valence-corrected chi connectivity index (χ4v) is 2.15. The lowest BCUT2D eigenvalue weighted by molar-refractivity contribution is 0.106. The topological polar surface area (TPSA) is 21.3 Å². The number of rotatable bonds is 7. The summed E-state index contributed by atoms with van der Waals surface area (Å²) in [7, 11) is 0. The summed E-state index contributed by atoms with van der Waals surface area (Å²) >= 11 is 0. The first-order valence-electron chi connectivity index (χ1n) is 6.21. The molecule has 0 radical (unpaired) electrons. The van der Waals surface area contributed by atoms with E-state index in [9.17, 15) is 0 Å². The smallest absolute Gasteiger partial charge is 0.0700 e. The van der Waals surface area contributed by atoms with Gasteiger partial charge >= 0.3 is 0 Å². The largest absolute Gasteiger partial charge is 0.377 e. The Morgan fingerprint density at radius 3 is 2.50 bits per heavy atom. The van der Waals surface area contributed by atoms with Crippen LogP contribution < -0.4 is 5.32 Å². The quantitative estimate of drug-likeness (QED) is 0.680. The van der Waals surface area contributed by atoms with Gasteiger partial charge in [-0.05, 0) is 25.7 Å². The van der Waals surface area contributed by atoms with Gasteiger partial charge in [-0.3, -0.25) is 0 Å². The minimum atomic E-state index is 0.492. The normalized spacial score (nSPS) is 22.1. The van der Waals surface area contributed by atoms with Gasteiger partial charge in [0.1, 0.15) is 0 Å². The predicted molar refractivity (Wildman–Crippen MR) is 60.6 cm³/mol. The van der Waals surface area contributed by atoms with Gasteiger partial charge in [-0.2, -0.15) is 0 Å². The SMILES string of the molecule is CCCC(CCC)NCC1CCCO1. The van der Waals surface area contributed by atoms with Gasteiger partial charge in [-0.15, -0.1) is 0 Å². The van der Waals surface area contributed by atoms with E-state index in [0.29, 0.717) is 12.1 Å². The van der Waals surface area contributed by atoms with Gasteiger partial charge in [0.15, 0.2) is 0 Å². The molecule has 14 heavy (non-hydrogen) atoms. The predicted octanol–water partition coefficient (Wildman–Crippen LogP) is 2.72. The van der Waals surface area contributed by atoms with Crippen LogP contribution in [0, 0.1) is 0 Å². The molecule has 1 unspecified atom stereocenters. The van der Waals surface area contributed by atoms with E-state index < -0.39 is 0 Å². The van der Waals surface area contributed by atoms with Crippen LogP contribution in [-0.2, 0) is 4.74 Å². The van der Waals surface area contributed by atoms with Gasteiger partial charge < -0.3 is 10.1 Å². The second-order valence-corrected chi connectivity index (χ2v) is 4.32. The van der Waals surface area contributed by atoms with Crippen LogP contribution in [0.25, 0.3) is 0 Å². The van der Waals surface area contributed by atoms with Crippen LogP contribution in [0.5, 0.6) is 0 Å². The highest BCUT2D eigenvalue weighted by Crippen LogP contribution is 2.12. The van der Waals surface area contributed by atoms with Crippen molar-refractivity contribution in [3.63, 3.8) is 0 Å². The van der Waals surface area contributed by atoms with Crippen LogP contribution in [0.2, 0.25) is 0 Å². The van der Waals surface area contributed by atoms with E-state index >= 15 is 0 Å². The van der Waals surface area contributed by atoms with Crippen molar-refractivity contribution in [2.45, 2.75) is 64.5 Å². The zero-order valence-electron chi connectivity index (χ0n) is 9.72. The van der Waals surface area contributed by atoms with Gasteiger partial charge in [0.05, 0.1) is 6.10 Å². The number of hydrogen-bond acceptors (Lipinski definition) is 2. The maximum atomic E-state index is 5.60. The Kier molecular flexibility index (Phi) is 6.20. The first kappa shape index (κ1) is 12.0. The maximum absolute atomic E-state index is 5.60. The van der Waals surface area contributed by atoms with Crippen LogP contribution in [0.4, 0.5) is 0 Å². The molecule has 0 aromatic heterocycles. The standard InChI is InChI=1S/C12H25NO/c1-3-6-11(7-4-2)13-10-12-8-5-9-14-12/h11-13H,3-10H2,1-2H3. The molecule has 0 bridgehead atoms. The first-order valence-corrected chi connectivity index (χ1v) is 6.21. The molecule has 2 heteroatoms. The molecule has 1 aliphatic heterocycles. The minimum absolute atomic E-state index is 0.492. The molecule has 1 fully saturated rings. The number of nitrogens with one attached hydrogen (secondary N) is 1. The zero-order valence-corrected chi connectivity index (χ0v) is 9.72. The molecule has 2 nitrogen and oxygen atoms in total. The molecule has 0 spiro atoms. The summed E-state index contributed by atoms with van der Waals surface area (Å²) in [6.45, 7) is 6.55. The highest BCUT2D eigenvalue weighted by atomic mass is 16.5. The Labute approximate surface area is 88.4 Å². The molecule has 1 heterocycles. The number of ether oxygens (including phenoxy) is 1. The fourth-order valence-electron chi connectivity index (χ4n) is 2.15. The average Bonchev–Trinajstić information content (AvgIpc) is 2.67. The van der Waals surface area contributed by atoms with E-state index in [1.165, 1.54) is 38.5 Å². The molecular weight excluding hydrogens is 174 g/mol. The molecule has 0 saturated carbocycles. The maximum Gasteiger partial charge on any atom is 0.0700 e. The summed E-state index contributed by atoms with van der Waals surface area (Å²) in [5.41, 5.74) is 0. The highest BCUT2D eigenvalue weighted by molar-refractivity contribution is 4.72. The van der Waals surface area contributed by atoms with E-state index in [2.05, 4.69) is 19.2 Å². The lowest BCUT2D eigenvalue weighted by atomic mass is 10.1. The monoisotopic (exact) mass is 199 g/mol. The Bertz CT molecular complexity index is 126. The second kappa shape index (κ2) is 7.24. The van der Waals surface area contributed by atoms with Crippen LogP contribution in [-0.4, -0.2) is 25.3 Å². The molecule has 1 atom stereocenters. The van der Waals surface area contributed by atoms with Gasteiger partial charge in [0, 0.05) is 19.2 Å². The fraction of sp³-hybridized carbons (Fsp3) is 1.00. The van der Waals surface area contributed by atoms with Crippen molar-refractivity contribution in [3.8, 4) is 0 Å². The lowest BCUT2D eigenvalue weighted by Crippen LogP contribution is -2.35. The molecule has 0 aromatic rings. The third-order valence-corrected chi connectivity index (χ3v) is 2.93. The van der Waals surface area contributed by atoms with E-state index in [-0.39, 0.29) is 0 Å². The summed E-state index contributed by atoms with van der Waals surface area (Å²) in [5.74, 6) is 0. The van der Waals surface area contributed by atoms with Gasteiger partial charge in [0.2, 0.25) is 0 Å². The average molecular weight is 199 g/mol. The van der Waals surface area contributed by atoms with Crippen molar-refractivity contribution >= 4 is 0 Å². The van der Waals surface area contributed by atoms with E-state index in [1.54, 1.807) is 0 Å². The molecule has 0 aliphatic carbocycles. The van der Waals surface area contributed by atoms with Crippen LogP contribution in [0.3, 0.4) is 0 Å². The Morgan fingerprint density at radius 1 is 1.29 bits per heavy atom. The van der Waals surface area contributed by atoms with Crippen molar-refractivity contribution in [3.05, 3.63) is 0 Å². The first-order chi connectivity index (χ1) is 6.86. The molecule has 84 valence electrons. The Balaban J connectivity index is 2.10. The van der Waals surface area contributed by atoms with Crippen molar-refractivity contribution in [1.29, 1.82) is 0 Å². The van der Waals surface area contributed by atoms with E-state index in [0.717, 1.165) is 13.2 Å². The van der Waals surface area contributed by atoms with E-state index in [4.69, 9.17) is 4.74 Å². The minimum Gasteiger partial charge on any atom is -0.377 e. The van der Waals surface area contributed by atoms with Crippen LogP contribution in [0.1, 0.15) is 52.4 Å². The summed E-state index contributed by atoms with van der Waals surface area (Å²) in [6, 6.07) is 0.717. The van der Waals surface area contributed by atoms with Crippen molar-refractivity contribution in [2.75, 3.05) is 13.2 Å². The number of hydrogen-bond donors (Lipinski definition) is 1. The molecule has 1 N–H and O–H groups in total. The van der Waals surface area contributed by atoms with Crippen molar-refractivity contribution < 1.29 is 4.74 Å². The van der Waals surface area contributed by atoms with E-state index in [1.807, 2.05) is 0 Å². The third-order valence-electron chi connectivity index (χ3n) is 2.93. The second-order valence-electron chi connectivity index (χ2n) is 4.32. The Morgan fingerprint density at radius 2 is 2.00 bits per heavy atom. The molecule has 1 saturated heterocycles. The summed E-state index contributed by atoms with van der Waals surface area (Å²) in [4.78, 5) is 0. The molecule has 0 amide bonds. The molecular formula is C12H25NO. The molecule has 0 aromatic carbocycles. The summed E-state index contributed by atoms with van der Waals surface area (Å²) < 4.78 is 5.60. The summed E-state index contributed by atoms with van der Waals surface area (Å²) in [5, 5.41) is 3.64. The molecule has 1 aliphatic rings. The van der Waals surface area contributed by atoms with Crippen LogP contribution in [0.15, 0.2) is 0 Å². The van der Waals surface area contributed by atoms with Crippen molar-refractivity contribution in [1.82, 2.24) is 5.32 Å².